The van der Waals surface area contributed by atoms with Crippen LogP contribution in [0.25, 0.3) is 0 Å². The number of pyridine rings is 1. The second-order valence-electron chi connectivity index (χ2n) is 8.51. The average Bonchev–Trinajstić information content (AvgIpc) is 2.63. The first-order valence-electron chi connectivity index (χ1n) is 10.2. The lowest BCUT2D eigenvalue weighted by atomic mass is 10.0. The largest absolute Gasteiger partial charge is 0.315 e. The maximum absolute atomic E-state index is 11.8. The smallest absolute Gasteiger partial charge is 0.261 e. The average molecular weight is 423 g/mol. The number of amides is 1. The van der Waals surface area contributed by atoms with Crippen molar-refractivity contribution in [1.29, 1.82) is 0 Å². The number of fused-ring (bicyclic) bond motifs is 2. The van der Waals surface area contributed by atoms with Gasteiger partial charge in [-0.3, -0.25) is 9.59 Å². The summed E-state index contributed by atoms with van der Waals surface area (Å²) in [7, 11) is 0. The summed E-state index contributed by atoms with van der Waals surface area (Å²) in [5, 5.41) is 0. The Morgan fingerprint density at radius 3 is 2.10 bits per heavy atom. The van der Waals surface area contributed by atoms with Gasteiger partial charge in [0.25, 0.3) is 11.5 Å². The monoisotopic (exact) mass is 422 g/mol. The van der Waals surface area contributed by atoms with Crippen LogP contribution in [0.1, 0.15) is 67.9 Å². The molecule has 3 aliphatic heterocycles. The van der Waals surface area contributed by atoms with E-state index in [-0.39, 0.29) is 32.5 Å². The van der Waals surface area contributed by atoms with Crippen molar-refractivity contribution in [3.63, 3.8) is 0 Å². The number of hydrogen-bond donors (Lipinski definition) is 0. The molecule has 0 saturated carbocycles. The van der Waals surface area contributed by atoms with Crippen LogP contribution in [0.4, 0.5) is 0 Å². The zero-order valence-electron chi connectivity index (χ0n) is 18.0. The van der Waals surface area contributed by atoms with Crippen molar-refractivity contribution in [1.82, 2.24) is 9.47 Å². The van der Waals surface area contributed by atoms with Gasteiger partial charge in [0.05, 0.1) is 0 Å². The van der Waals surface area contributed by atoms with Gasteiger partial charge in [0.1, 0.15) is 0 Å². The van der Waals surface area contributed by atoms with Gasteiger partial charge in [0, 0.05) is 25.4 Å². The standard InChI is InChI=1S/C11H17NO3.C11H17NO.2CH4/c1-7(2)4-5-12-10(13)9-6-8(3)11(12)15-14-9;1-9(2)6-7-12-8-10(3)4-5-11(12)13;;/h6-7,9,11H,4-5H2,1-3H3;4-5,8-9H,6-7H2,1-3H3;2*1H4. The first kappa shape index (κ1) is 28.1. The molecule has 0 aliphatic carbocycles. The molecule has 6 nitrogen and oxygen atoms in total. The lowest BCUT2D eigenvalue weighted by Crippen LogP contribution is -2.56. The molecule has 1 aromatic rings. The Balaban J connectivity index is 0.000000531. The number of aryl methyl sites for hydroxylation is 2. The first-order chi connectivity index (χ1) is 13.2. The molecule has 1 amide bonds. The third-order valence-corrected chi connectivity index (χ3v) is 4.89. The van der Waals surface area contributed by atoms with Crippen LogP contribution < -0.4 is 5.56 Å². The Labute approximate surface area is 182 Å². The van der Waals surface area contributed by atoms with Crippen molar-refractivity contribution in [3.8, 4) is 0 Å². The van der Waals surface area contributed by atoms with Crippen molar-refractivity contribution in [2.24, 2.45) is 11.8 Å². The molecule has 30 heavy (non-hydrogen) atoms. The number of rotatable bonds is 6. The van der Waals surface area contributed by atoms with Crippen LogP contribution in [0.5, 0.6) is 0 Å². The Bertz CT molecular complexity index is 752. The molecule has 0 N–H and O–H groups in total. The van der Waals surface area contributed by atoms with Gasteiger partial charge < -0.3 is 9.47 Å². The van der Waals surface area contributed by atoms with E-state index in [1.54, 1.807) is 15.5 Å². The minimum absolute atomic E-state index is 0. The van der Waals surface area contributed by atoms with Crippen molar-refractivity contribution in [3.05, 3.63) is 45.9 Å². The molecular formula is C24H42N2O4. The summed E-state index contributed by atoms with van der Waals surface area (Å²) in [6, 6.07) is 3.49. The molecule has 172 valence electrons. The summed E-state index contributed by atoms with van der Waals surface area (Å²) in [6.07, 6.45) is 4.98. The van der Waals surface area contributed by atoms with E-state index in [0.717, 1.165) is 37.1 Å². The Hall–Kier alpha value is -1.92. The van der Waals surface area contributed by atoms with Crippen molar-refractivity contribution >= 4 is 5.91 Å². The maximum atomic E-state index is 11.8. The minimum atomic E-state index is -0.526. The van der Waals surface area contributed by atoms with E-state index in [4.69, 9.17) is 9.78 Å². The highest BCUT2D eigenvalue weighted by molar-refractivity contribution is 5.85. The van der Waals surface area contributed by atoms with E-state index in [1.807, 2.05) is 32.2 Å². The van der Waals surface area contributed by atoms with Crippen LogP contribution in [0, 0.1) is 18.8 Å². The number of aromatic nitrogens is 1. The molecule has 1 fully saturated rings. The highest BCUT2D eigenvalue weighted by Gasteiger charge is 2.42. The predicted molar refractivity (Wildman–Crippen MR) is 123 cm³/mol. The predicted octanol–water partition coefficient (Wildman–Crippen LogP) is 4.95. The van der Waals surface area contributed by atoms with Crippen molar-refractivity contribution in [2.75, 3.05) is 6.54 Å². The normalized spacial score (nSPS) is 19.7. The Morgan fingerprint density at radius 1 is 0.933 bits per heavy atom. The lowest BCUT2D eigenvalue weighted by molar-refractivity contribution is -0.378. The van der Waals surface area contributed by atoms with E-state index < -0.39 is 6.10 Å². The quantitative estimate of drug-likeness (QED) is 0.481. The number of nitrogens with zero attached hydrogens (tertiary/aromatic N) is 2. The van der Waals surface area contributed by atoms with Gasteiger partial charge in [-0.25, -0.2) is 9.78 Å². The second kappa shape index (κ2) is 12.7. The van der Waals surface area contributed by atoms with Gasteiger partial charge in [-0.2, -0.15) is 0 Å². The number of carbonyl (C=O) groups is 1. The fourth-order valence-corrected chi connectivity index (χ4v) is 3.07. The van der Waals surface area contributed by atoms with E-state index in [0.29, 0.717) is 11.8 Å². The van der Waals surface area contributed by atoms with Crippen LogP contribution in [0.3, 0.4) is 0 Å². The molecule has 2 unspecified atom stereocenters. The van der Waals surface area contributed by atoms with Gasteiger partial charge in [0.15, 0.2) is 12.3 Å². The molecule has 3 aliphatic rings. The van der Waals surface area contributed by atoms with Crippen LogP contribution in [-0.2, 0) is 21.1 Å². The van der Waals surface area contributed by atoms with Crippen molar-refractivity contribution < 1.29 is 14.6 Å². The van der Waals surface area contributed by atoms with Gasteiger partial charge >= 0.3 is 0 Å². The summed E-state index contributed by atoms with van der Waals surface area (Å²) in [6.45, 7) is 14.2. The number of hydrogen-bond acceptors (Lipinski definition) is 4. The van der Waals surface area contributed by atoms with E-state index in [1.165, 1.54) is 0 Å². The van der Waals surface area contributed by atoms with Crippen molar-refractivity contribution in [2.45, 2.75) is 88.1 Å². The highest BCUT2D eigenvalue weighted by Crippen LogP contribution is 2.28. The Morgan fingerprint density at radius 2 is 1.53 bits per heavy atom. The van der Waals surface area contributed by atoms with Crippen LogP contribution in [0.2, 0.25) is 0 Å². The fourth-order valence-electron chi connectivity index (χ4n) is 3.07. The third kappa shape index (κ3) is 7.73. The highest BCUT2D eigenvalue weighted by atomic mass is 17.2. The molecular weight excluding hydrogens is 380 g/mol. The molecule has 4 rings (SSSR count). The third-order valence-electron chi connectivity index (χ3n) is 4.89. The summed E-state index contributed by atoms with van der Waals surface area (Å²) in [5.41, 5.74) is 2.31. The molecule has 2 atom stereocenters. The molecule has 4 heterocycles. The van der Waals surface area contributed by atoms with Gasteiger partial charge in [-0.1, -0.05) is 48.6 Å². The van der Waals surface area contributed by atoms with E-state index >= 15 is 0 Å². The molecule has 6 heteroatoms. The zero-order valence-corrected chi connectivity index (χ0v) is 18.0. The van der Waals surface area contributed by atoms with Gasteiger partial charge in [-0.05, 0) is 55.7 Å². The molecule has 1 aromatic heterocycles. The summed E-state index contributed by atoms with van der Waals surface area (Å²) in [5.74, 6) is 1.26. The zero-order chi connectivity index (χ0) is 20.8. The second-order valence-corrected chi connectivity index (χ2v) is 8.51. The SMILES string of the molecule is C.C.CC1=CC2OOC1N(CCC(C)C)C2=O.Cc1ccc(=O)n(CCC(C)C)c1. The topological polar surface area (TPSA) is 60.8 Å². The maximum Gasteiger partial charge on any atom is 0.261 e. The van der Waals surface area contributed by atoms with Crippen LogP contribution >= 0.6 is 0 Å². The van der Waals surface area contributed by atoms with E-state index in [2.05, 4.69) is 27.7 Å². The molecule has 0 radical (unpaired) electrons. The Kier molecular flexibility index (Phi) is 11.9. The summed E-state index contributed by atoms with van der Waals surface area (Å²) >= 11 is 0. The molecule has 2 bridgehead atoms. The summed E-state index contributed by atoms with van der Waals surface area (Å²) < 4.78 is 1.79. The van der Waals surface area contributed by atoms with Crippen LogP contribution in [0.15, 0.2) is 34.8 Å². The van der Waals surface area contributed by atoms with Gasteiger partial charge in [-0.15, -0.1) is 0 Å². The minimum Gasteiger partial charge on any atom is -0.315 e. The molecule has 1 saturated heterocycles. The number of carbonyl (C=O) groups excluding carboxylic acids is 1. The first-order valence-corrected chi connectivity index (χ1v) is 10.2. The fraction of sp³-hybridized carbons (Fsp3) is 0.667. The van der Waals surface area contributed by atoms with Gasteiger partial charge in [0.2, 0.25) is 0 Å². The van der Waals surface area contributed by atoms with Crippen LogP contribution in [-0.4, -0.2) is 34.3 Å². The summed E-state index contributed by atoms with van der Waals surface area (Å²) in [4.78, 5) is 35.0. The molecule has 0 spiro atoms. The van der Waals surface area contributed by atoms with E-state index in [9.17, 15) is 9.59 Å². The lowest BCUT2D eigenvalue weighted by Gasteiger charge is -2.41. The molecule has 0 aromatic carbocycles.